The summed E-state index contributed by atoms with van der Waals surface area (Å²) >= 11 is 3.13. The van der Waals surface area contributed by atoms with Gasteiger partial charge in [-0.15, -0.1) is 11.3 Å². The summed E-state index contributed by atoms with van der Waals surface area (Å²) in [5, 5.41) is 2.96. The van der Waals surface area contributed by atoms with Crippen LogP contribution in [-0.2, 0) is 9.47 Å². The van der Waals surface area contributed by atoms with Gasteiger partial charge in [-0.05, 0) is 66.3 Å². The minimum atomic E-state index is -0.593. The number of hydrogen-bond donors (Lipinski definition) is 1. The highest BCUT2D eigenvalue weighted by atomic mass is 127. The monoisotopic (exact) mass is 473 g/mol. The van der Waals surface area contributed by atoms with Crippen molar-refractivity contribution < 1.29 is 23.9 Å². The molecule has 1 N–H and O–H groups in total. The molecule has 0 unspecified atom stereocenters. The molecule has 0 saturated carbocycles. The first-order chi connectivity index (χ1) is 11.9. The lowest BCUT2D eigenvalue weighted by Crippen LogP contribution is -2.15. The summed E-state index contributed by atoms with van der Waals surface area (Å²) in [6, 6.07) is 6.98. The molecule has 25 heavy (non-hydrogen) atoms. The van der Waals surface area contributed by atoms with E-state index in [1.165, 1.54) is 7.11 Å². The van der Waals surface area contributed by atoms with Crippen LogP contribution in [0.2, 0.25) is 0 Å². The number of thiophene rings is 1. The number of amides is 1. The van der Waals surface area contributed by atoms with Crippen molar-refractivity contribution in [2.24, 2.45) is 0 Å². The molecule has 0 bridgehead atoms. The summed E-state index contributed by atoms with van der Waals surface area (Å²) in [7, 11) is 1.26. The van der Waals surface area contributed by atoms with E-state index in [4.69, 9.17) is 9.47 Å². The topological polar surface area (TPSA) is 81.7 Å². The van der Waals surface area contributed by atoms with Gasteiger partial charge in [0.1, 0.15) is 9.88 Å². The van der Waals surface area contributed by atoms with Crippen LogP contribution < -0.4 is 5.32 Å². The van der Waals surface area contributed by atoms with E-state index >= 15 is 0 Å². The number of hydrogen-bond acceptors (Lipinski definition) is 6. The Morgan fingerprint density at radius 2 is 1.80 bits per heavy atom. The molecular formula is C17H16INO5S. The molecule has 0 aliphatic heterocycles. The smallest absolute Gasteiger partial charge is 0.348 e. The highest BCUT2D eigenvalue weighted by molar-refractivity contribution is 14.1. The fraction of sp³-hybridized carbons (Fsp3) is 0.235. The number of benzene rings is 1. The average molecular weight is 473 g/mol. The average Bonchev–Trinajstić information content (AvgIpc) is 2.91. The Hall–Kier alpha value is -1.94. The van der Waals surface area contributed by atoms with Crippen LogP contribution in [0.4, 0.5) is 5.00 Å². The van der Waals surface area contributed by atoms with Crippen molar-refractivity contribution in [3.63, 3.8) is 0 Å². The predicted octanol–water partition coefficient (Wildman–Crippen LogP) is 3.88. The molecular weight excluding hydrogens is 457 g/mol. The molecule has 6 nitrogen and oxygen atoms in total. The SMILES string of the molecule is CCOC(=O)c1c(NC(=O)c2ccc(I)cc2)sc(C(=O)OC)c1C. The van der Waals surface area contributed by atoms with Crippen LogP contribution in [0.5, 0.6) is 0 Å². The Morgan fingerprint density at radius 1 is 1.16 bits per heavy atom. The van der Waals surface area contributed by atoms with Crippen molar-refractivity contribution in [2.45, 2.75) is 13.8 Å². The lowest BCUT2D eigenvalue weighted by Gasteiger charge is -2.07. The Kier molecular flexibility index (Phi) is 6.54. The highest BCUT2D eigenvalue weighted by Crippen LogP contribution is 2.34. The number of methoxy groups -OCH3 is 1. The third-order valence-corrected chi connectivity index (χ3v) is 5.24. The number of ether oxygens (including phenoxy) is 2. The molecule has 0 atom stereocenters. The van der Waals surface area contributed by atoms with E-state index in [0.717, 1.165) is 14.9 Å². The standard InChI is InChI=1S/C17H16INO5S/c1-4-24-16(21)12-9(2)13(17(22)23-3)25-15(12)19-14(20)10-5-7-11(18)8-6-10/h5-8H,4H2,1-3H3,(H,19,20). The van der Waals surface area contributed by atoms with E-state index in [0.29, 0.717) is 11.1 Å². The number of esters is 2. The van der Waals surface area contributed by atoms with E-state index in [9.17, 15) is 14.4 Å². The maximum Gasteiger partial charge on any atom is 0.348 e. The number of anilines is 1. The zero-order valence-electron chi connectivity index (χ0n) is 13.8. The molecule has 0 aliphatic rings. The van der Waals surface area contributed by atoms with Crippen molar-refractivity contribution in [1.29, 1.82) is 0 Å². The summed E-state index contributed by atoms with van der Waals surface area (Å²) in [6.07, 6.45) is 0. The molecule has 1 aromatic heterocycles. The second-order valence-corrected chi connectivity index (χ2v) is 7.20. The van der Waals surface area contributed by atoms with Crippen LogP contribution in [-0.4, -0.2) is 31.6 Å². The molecule has 0 spiro atoms. The third kappa shape index (κ3) is 4.37. The number of halogens is 1. The van der Waals surface area contributed by atoms with Gasteiger partial charge in [0.15, 0.2) is 0 Å². The third-order valence-electron chi connectivity index (χ3n) is 3.33. The summed E-state index contributed by atoms with van der Waals surface area (Å²) in [5.41, 5.74) is 1.04. The minimum absolute atomic E-state index is 0.172. The summed E-state index contributed by atoms with van der Waals surface area (Å²) in [5.74, 6) is -1.54. The minimum Gasteiger partial charge on any atom is -0.465 e. The van der Waals surface area contributed by atoms with Crippen molar-refractivity contribution in [3.05, 3.63) is 49.4 Å². The normalized spacial score (nSPS) is 10.2. The zero-order valence-corrected chi connectivity index (χ0v) is 16.8. The van der Waals surface area contributed by atoms with Crippen molar-refractivity contribution in [1.82, 2.24) is 0 Å². The first kappa shape index (κ1) is 19.4. The maximum absolute atomic E-state index is 12.4. The molecule has 0 saturated heterocycles. The van der Waals surface area contributed by atoms with Gasteiger partial charge in [0.05, 0.1) is 19.3 Å². The molecule has 0 fully saturated rings. The lowest BCUT2D eigenvalue weighted by molar-refractivity contribution is 0.0527. The number of carbonyl (C=O) groups excluding carboxylic acids is 3. The van der Waals surface area contributed by atoms with Gasteiger partial charge < -0.3 is 14.8 Å². The second kappa shape index (κ2) is 8.43. The first-order valence-electron chi connectivity index (χ1n) is 7.34. The van der Waals surface area contributed by atoms with Gasteiger partial charge in [-0.1, -0.05) is 0 Å². The molecule has 1 aromatic carbocycles. The van der Waals surface area contributed by atoms with Crippen LogP contribution in [0.15, 0.2) is 24.3 Å². The summed E-state index contributed by atoms with van der Waals surface area (Å²) in [6.45, 7) is 3.49. The molecule has 8 heteroatoms. The molecule has 132 valence electrons. The van der Waals surface area contributed by atoms with E-state index in [-0.39, 0.29) is 28.0 Å². The van der Waals surface area contributed by atoms with Crippen molar-refractivity contribution >= 4 is 56.8 Å². The van der Waals surface area contributed by atoms with Crippen LogP contribution in [0.3, 0.4) is 0 Å². The van der Waals surface area contributed by atoms with Crippen LogP contribution in [0, 0.1) is 10.5 Å². The Labute approximate surface area is 162 Å². The zero-order chi connectivity index (χ0) is 18.6. The van der Waals surface area contributed by atoms with E-state index in [2.05, 4.69) is 27.9 Å². The number of nitrogens with one attached hydrogen (secondary N) is 1. The van der Waals surface area contributed by atoms with Crippen LogP contribution in [0.1, 0.15) is 42.9 Å². The second-order valence-electron chi connectivity index (χ2n) is 4.93. The van der Waals surface area contributed by atoms with Gasteiger partial charge in [0, 0.05) is 9.13 Å². The van der Waals surface area contributed by atoms with E-state index < -0.39 is 11.9 Å². The molecule has 1 heterocycles. The predicted molar refractivity (Wildman–Crippen MR) is 103 cm³/mol. The van der Waals surface area contributed by atoms with Gasteiger partial charge in [0.25, 0.3) is 5.91 Å². The van der Waals surface area contributed by atoms with Crippen molar-refractivity contribution in [2.75, 3.05) is 19.0 Å². The molecule has 2 rings (SSSR count). The summed E-state index contributed by atoms with van der Waals surface area (Å²) in [4.78, 5) is 36.8. The largest absolute Gasteiger partial charge is 0.465 e. The highest BCUT2D eigenvalue weighted by Gasteiger charge is 2.27. The molecule has 0 aliphatic carbocycles. The quantitative estimate of drug-likeness (QED) is 0.527. The van der Waals surface area contributed by atoms with E-state index in [1.54, 1.807) is 38.1 Å². The molecule has 2 aromatic rings. The van der Waals surface area contributed by atoms with Crippen LogP contribution >= 0.6 is 33.9 Å². The van der Waals surface area contributed by atoms with Gasteiger partial charge in [-0.25, -0.2) is 9.59 Å². The van der Waals surface area contributed by atoms with Gasteiger partial charge in [-0.3, -0.25) is 4.79 Å². The van der Waals surface area contributed by atoms with E-state index in [1.807, 2.05) is 0 Å². The van der Waals surface area contributed by atoms with Crippen LogP contribution in [0.25, 0.3) is 0 Å². The fourth-order valence-corrected chi connectivity index (χ4v) is 3.58. The van der Waals surface area contributed by atoms with Crippen molar-refractivity contribution in [3.8, 4) is 0 Å². The molecule has 0 radical (unpaired) electrons. The maximum atomic E-state index is 12.4. The van der Waals surface area contributed by atoms with Gasteiger partial charge in [0.2, 0.25) is 0 Å². The number of rotatable bonds is 5. The lowest BCUT2D eigenvalue weighted by atomic mass is 10.1. The number of carbonyl (C=O) groups is 3. The molecule has 1 amide bonds. The van der Waals surface area contributed by atoms with Gasteiger partial charge >= 0.3 is 11.9 Å². The summed E-state index contributed by atoms with van der Waals surface area (Å²) < 4.78 is 10.8. The Morgan fingerprint density at radius 3 is 2.36 bits per heavy atom. The Balaban J connectivity index is 2.41. The Bertz CT molecular complexity index is 813. The van der Waals surface area contributed by atoms with Gasteiger partial charge in [-0.2, -0.15) is 0 Å². The fourth-order valence-electron chi connectivity index (χ4n) is 2.11. The first-order valence-corrected chi connectivity index (χ1v) is 9.24.